The predicted octanol–water partition coefficient (Wildman–Crippen LogP) is 8.06. The van der Waals surface area contributed by atoms with Gasteiger partial charge in [-0.05, 0) is 97.3 Å². The molecule has 1 aromatic carbocycles. The van der Waals surface area contributed by atoms with Gasteiger partial charge in [0, 0.05) is 5.41 Å². The number of phenols is 1. The van der Waals surface area contributed by atoms with Gasteiger partial charge < -0.3 is 14.6 Å². The van der Waals surface area contributed by atoms with Crippen molar-refractivity contribution in [1.29, 1.82) is 0 Å². The molecule has 0 aliphatic heterocycles. The summed E-state index contributed by atoms with van der Waals surface area (Å²) in [5.41, 5.74) is 6.43. The molecule has 0 saturated heterocycles. The molecule has 0 bridgehead atoms. The number of allylic oxidation sites excluding steroid dienone is 2. The first-order chi connectivity index (χ1) is 17.1. The molecule has 5 atom stereocenters. The molecule has 0 radical (unpaired) electrons. The van der Waals surface area contributed by atoms with Crippen molar-refractivity contribution in [2.45, 2.75) is 111 Å². The third-order valence-electron chi connectivity index (χ3n) is 10.2. The number of phenolic OH excluding ortho intramolecular Hbond substituents is 1. The average Bonchev–Trinajstić information content (AvgIpc) is 2.86. The lowest BCUT2D eigenvalue weighted by atomic mass is 9.41. The molecule has 0 aromatic heterocycles. The highest BCUT2D eigenvalue weighted by Gasteiger charge is 2.59. The third-order valence-corrected chi connectivity index (χ3v) is 10.2. The van der Waals surface area contributed by atoms with E-state index in [1.54, 1.807) is 12.7 Å². The molecule has 4 nitrogen and oxygen atoms in total. The van der Waals surface area contributed by atoms with E-state index in [4.69, 9.17) is 9.53 Å². The standard InChI is InChI=1S/C27H38O2.C3H8.C2H4O2/c1-17-18-9-10-23-26(3,21(18)16-22(29-5)24(17)28)13-11-20-19-8-6-7-12-25(19,2)14-15-27(20,23)4;1-3-2;1-4-2-3/h10,16,19-20,28H,6-9,11-15H2,1-5H3;3H2,1-2H3;2H,1H3. The van der Waals surface area contributed by atoms with Gasteiger partial charge in [-0.25, -0.2) is 0 Å². The van der Waals surface area contributed by atoms with Crippen LogP contribution in [0.5, 0.6) is 11.5 Å². The smallest absolute Gasteiger partial charge is 0.292 e. The largest absolute Gasteiger partial charge is 0.504 e. The highest BCUT2D eigenvalue weighted by Crippen LogP contribution is 2.68. The summed E-state index contributed by atoms with van der Waals surface area (Å²) in [6.45, 7) is 14.4. The van der Waals surface area contributed by atoms with E-state index in [1.807, 2.05) is 0 Å². The van der Waals surface area contributed by atoms with Gasteiger partial charge in [0.05, 0.1) is 14.2 Å². The number of rotatable bonds is 2. The summed E-state index contributed by atoms with van der Waals surface area (Å²) in [6.07, 6.45) is 15.8. The molecule has 0 amide bonds. The Bertz CT molecular complexity index is 965. The SMILES string of the molecule is CCC.COC=O.COc1cc2c(c(C)c1O)CC=C1C2(C)CCC2C3CCCCC3(C)CCC12C. The maximum Gasteiger partial charge on any atom is 0.292 e. The van der Waals surface area contributed by atoms with Crippen molar-refractivity contribution in [3.63, 3.8) is 0 Å². The van der Waals surface area contributed by atoms with Crippen molar-refractivity contribution in [3.8, 4) is 11.5 Å². The van der Waals surface area contributed by atoms with E-state index in [0.29, 0.717) is 28.8 Å². The molecular weight excluding hydrogens is 448 g/mol. The van der Waals surface area contributed by atoms with E-state index in [-0.39, 0.29) is 5.41 Å². The first kappa shape index (κ1) is 28.6. The summed E-state index contributed by atoms with van der Waals surface area (Å²) in [7, 11) is 2.99. The zero-order valence-electron chi connectivity index (χ0n) is 24.1. The highest BCUT2D eigenvalue weighted by atomic mass is 16.5. The van der Waals surface area contributed by atoms with Gasteiger partial charge in [0.15, 0.2) is 11.5 Å². The average molecular weight is 499 g/mol. The summed E-state index contributed by atoms with van der Waals surface area (Å²) < 4.78 is 9.42. The van der Waals surface area contributed by atoms with Crippen molar-refractivity contribution in [1.82, 2.24) is 0 Å². The summed E-state index contributed by atoms with van der Waals surface area (Å²) in [5.74, 6) is 2.70. The number of methoxy groups -OCH3 is 2. The zero-order chi connectivity index (χ0) is 26.7. The number of ether oxygens (including phenoxy) is 2. The van der Waals surface area contributed by atoms with Crippen LogP contribution in [-0.2, 0) is 21.4 Å². The Kier molecular flexibility index (Phi) is 8.89. The van der Waals surface area contributed by atoms with E-state index in [1.165, 1.54) is 76.0 Å². The summed E-state index contributed by atoms with van der Waals surface area (Å²) >= 11 is 0. The van der Waals surface area contributed by atoms with Crippen molar-refractivity contribution in [3.05, 3.63) is 34.4 Å². The molecule has 3 saturated carbocycles. The van der Waals surface area contributed by atoms with E-state index >= 15 is 0 Å². The van der Waals surface area contributed by atoms with Crippen molar-refractivity contribution < 1.29 is 19.4 Å². The Morgan fingerprint density at radius 2 is 1.69 bits per heavy atom. The second kappa shape index (κ2) is 11.2. The molecule has 1 N–H and O–H groups in total. The molecule has 4 heteroatoms. The van der Waals surface area contributed by atoms with Crippen LogP contribution in [0.4, 0.5) is 0 Å². The quantitative estimate of drug-likeness (QED) is 0.331. The minimum atomic E-state index is 0.0764. The Hall–Kier alpha value is -1.97. The van der Waals surface area contributed by atoms with Crippen molar-refractivity contribution in [2.24, 2.45) is 22.7 Å². The predicted molar refractivity (Wildman–Crippen MR) is 148 cm³/mol. The first-order valence-corrected chi connectivity index (χ1v) is 14.1. The number of hydrogen-bond acceptors (Lipinski definition) is 4. The number of benzene rings is 1. The van der Waals surface area contributed by atoms with Crippen LogP contribution in [0, 0.1) is 29.6 Å². The molecule has 202 valence electrons. The number of hydrogen-bond donors (Lipinski definition) is 1. The topological polar surface area (TPSA) is 55.8 Å². The van der Waals surface area contributed by atoms with Crippen LogP contribution in [-0.4, -0.2) is 25.8 Å². The first-order valence-electron chi connectivity index (χ1n) is 14.1. The molecule has 0 heterocycles. The monoisotopic (exact) mass is 498 g/mol. The molecule has 5 rings (SSSR count). The Morgan fingerprint density at radius 3 is 2.31 bits per heavy atom. The van der Waals surface area contributed by atoms with Gasteiger partial charge in [0.25, 0.3) is 6.47 Å². The molecule has 36 heavy (non-hydrogen) atoms. The van der Waals surface area contributed by atoms with Crippen LogP contribution >= 0.6 is 0 Å². The van der Waals surface area contributed by atoms with Crippen LogP contribution in [0.2, 0.25) is 0 Å². The van der Waals surface area contributed by atoms with Crippen molar-refractivity contribution in [2.75, 3.05) is 14.2 Å². The molecule has 0 spiro atoms. The van der Waals surface area contributed by atoms with Crippen LogP contribution in [0.1, 0.15) is 109 Å². The van der Waals surface area contributed by atoms with Gasteiger partial charge >= 0.3 is 0 Å². The fourth-order valence-electron chi connectivity index (χ4n) is 8.33. The lowest BCUT2D eigenvalue weighted by molar-refractivity contribution is -0.126. The van der Waals surface area contributed by atoms with Gasteiger partial charge in [-0.1, -0.05) is 65.5 Å². The molecular formula is C32H50O4. The second-order valence-corrected chi connectivity index (χ2v) is 12.3. The van der Waals surface area contributed by atoms with E-state index < -0.39 is 0 Å². The van der Waals surface area contributed by atoms with Gasteiger partial charge in [0.1, 0.15) is 0 Å². The van der Waals surface area contributed by atoms with Gasteiger partial charge in [-0.2, -0.15) is 0 Å². The number of carbonyl (C=O) groups is 1. The van der Waals surface area contributed by atoms with Gasteiger partial charge in [-0.3, -0.25) is 4.79 Å². The summed E-state index contributed by atoms with van der Waals surface area (Å²) in [4.78, 5) is 8.95. The molecule has 4 aliphatic rings. The van der Waals surface area contributed by atoms with Crippen molar-refractivity contribution >= 4 is 6.47 Å². The minimum Gasteiger partial charge on any atom is -0.504 e. The number of aromatic hydroxyl groups is 1. The van der Waals surface area contributed by atoms with E-state index in [9.17, 15) is 5.11 Å². The normalized spacial score (nSPS) is 33.9. The molecule has 4 aliphatic carbocycles. The van der Waals surface area contributed by atoms with E-state index in [0.717, 1.165) is 23.8 Å². The lowest BCUT2D eigenvalue weighted by Crippen LogP contribution is -2.55. The maximum absolute atomic E-state index is 10.6. The maximum atomic E-state index is 10.6. The van der Waals surface area contributed by atoms with E-state index in [2.05, 4.69) is 58.4 Å². The second-order valence-electron chi connectivity index (χ2n) is 12.3. The molecule has 5 unspecified atom stereocenters. The minimum absolute atomic E-state index is 0.0764. The van der Waals surface area contributed by atoms with Crippen LogP contribution in [0.15, 0.2) is 17.7 Å². The summed E-state index contributed by atoms with van der Waals surface area (Å²) in [5, 5.41) is 10.6. The molecule has 1 aromatic rings. The van der Waals surface area contributed by atoms with Crippen LogP contribution in [0.3, 0.4) is 0 Å². The van der Waals surface area contributed by atoms with Crippen LogP contribution in [0.25, 0.3) is 0 Å². The number of carbonyl (C=O) groups excluding carboxylic acids is 1. The number of fused-ring (bicyclic) bond motifs is 7. The Balaban J connectivity index is 0.000000463. The fraction of sp³-hybridized carbons (Fsp3) is 0.719. The highest BCUT2D eigenvalue weighted by molar-refractivity contribution is 5.60. The fourth-order valence-corrected chi connectivity index (χ4v) is 8.33. The molecule has 3 fully saturated rings. The Labute approximate surface area is 219 Å². The Morgan fingerprint density at radius 1 is 1.03 bits per heavy atom. The summed E-state index contributed by atoms with van der Waals surface area (Å²) in [6, 6.07) is 2.15. The third kappa shape index (κ3) is 4.70. The van der Waals surface area contributed by atoms with Gasteiger partial charge in [-0.15, -0.1) is 0 Å². The zero-order valence-corrected chi connectivity index (χ0v) is 24.1. The lowest BCUT2D eigenvalue weighted by Gasteiger charge is -2.63. The van der Waals surface area contributed by atoms with Gasteiger partial charge in [0.2, 0.25) is 0 Å². The van der Waals surface area contributed by atoms with Crippen LogP contribution < -0.4 is 4.74 Å².